The summed E-state index contributed by atoms with van der Waals surface area (Å²) in [5, 5.41) is 11.0. The van der Waals surface area contributed by atoms with E-state index in [0.29, 0.717) is 9.37 Å². The smallest absolute Gasteiger partial charge is 0.323 e. The monoisotopic (exact) mass is 347 g/mol. The molecule has 0 bridgehead atoms. The molecule has 0 unspecified atom stereocenters. The molecule has 0 heterocycles. The summed E-state index contributed by atoms with van der Waals surface area (Å²) < 4.78 is 13.5. The number of carboxylic acids is 1. The molecular weight excluding hydrogens is 337 g/mol. The fourth-order valence-corrected chi connectivity index (χ4v) is 1.68. The number of nitrogens with one attached hydrogen (secondary N) is 1. The van der Waals surface area contributed by atoms with Gasteiger partial charge in [-0.15, -0.1) is 0 Å². The van der Waals surface area contributed by atoms with Crippen LogP contribution in [-0.2, 0) is 9.59 Å². The molecule has 1 rings (SSSR count). The van der Waals surface area contributed by atoms with Crippen LogP contribution in [-0.4, -0.2) is 41.0 Å². The third-order valence-corrected chi connectivity index (χ3v) is 2.82. The Labute approximate surface area is 121 Å². The number of amides is 3. The van der Waals surface area contributed by atoms with E-state index in [-0.39, 0.29) is 5.69 Å². The molecule has 0 spiro atoms. The van der Waals surface area contributed by atoms with Crippen LogP contribution in [0.2, 0.25) is 0 Å². The van der Waals surface area contributed by atoms with Crippen LogP contribution in [0, 0.1) is 5.82 Å². The summed E-state index contributed by atoms with van der Waals surface area (Å²) in [5.74, 6) is -2.75. The molecule has 0 aromatic heterocycles. The van der Waals surface area contributed by atoms with Crippen molar-refractivity contribution in [2.75, 3.05) is 18.4 Å². The topological polar surface area (TPSA) is 113 Å². The molecule has 0 aliphatic rings. The van der Waals surface area contributed by atoms with Crippen molar-refractivity contribution >= 4 is 39.5 Å². The number of primary amides is 1. The van der Waals surface area contributed by atoms with Crippen LogP contribution in [0.15, 0.2) is 22.7 Å². The minimum absolute atomic E-state index is 0.106. The van der Waals surface area contributed by atoms with Gasteiger partial charge in [0.15, 0.2) is 0 Å². The van der Waals surface area contributed by atoms with Crippen molar-refractivity contribution in [3.8, 4) is 0 Å². The van der Waals surface area contributed by atoms with Gasteiger partial charge in [-0.05, 0) is 34.1 Å². The van der Waals surface area contributed by atoms with Crippen molar-refractivity contribution in [2.24, 2.45) is 5.73 Å². The minimum atomic E-state index is -1.31. The molecule has 108 valence electrons. The Morgan fingerprint density at radius 2 is 2.00 bits per heavy atom. The second-order valence-corrected chi connectivity index (χ2v) is 4.62. The second-order valence-electron chi connectivity index (χ2n) is 3.77. The predicted octanol–water partition coefficient (Wildman–Crippen LogP) is 0.992. The molecule has 3 amide bonds. The molecule has 7 nitrogen and oxygen atoms in total. The fourth-order valence-electron chi connectivity index (χ4n) is 1.34. The third-order valence-electron chi connectivity index (χ3n) is 2.13. The number of hydrogen-bond acceptors (Lipinski definition) is 3. The summed E-state index contributed by atoms with van der Waals surface area (Å²) in [6.07, 6.45) is 0. The Bertz CT molecular complexity index is 536. The molecule has 0 aliphatic heterocycles. The lowest BCUT2D eigenvalue weighted by Gasteiger charge is -2.20. The largest absolute Gasteiger partial charge is 0.480 e. The highest BCUT2D eigenvalue weighted by Crippen LogP contribution is 2.23. The van der Waals surface area contributed by atoms with Crippen LogP contribution in [0.1, 0.15) is 0 Å². The second kappa shape index (κ2) is 6.85. The lowest BCUT2D eigenvalue weighted by atomic mass is 10.3. The molecular formula is C11H11BrFN3O4. The van der Waals surface area contributed by atoms with Crippen molar-refractivity contribution in [1.82, 2.24) is 4.90 Å². The Morgan fingerprint density at radius 3 is 2.55 bits per heavy atom. The van der Waals surface area contributed by atoms with E-state index in [0.717, 1.165) is 6.07 Å². The SMILES string of the molecule is NC(=O)CN(CC(=O)O)C(=O)Nc1cc(F)ccc1Br. The van der Waals surface area contributed by atoms with Crippen LogP contribution in [0.3, 0.4) is 0 Å². The minimum Gasteiger partial charge on any atom is -0.480 e. The number of carboxylic acid groups (broad SMARTS) is 1. The first-order chi connectivity index (χ1) is 9.29. The summed E-state index contributed by atoms with van der Waals surface area (Å²) in [6, 6.07) is 2.72. The number of nitrogens with two attached hydrogens (primary N) is 1. The number of anilines is 1. The van der Waals surface area contributed by atoms with Crippen LogP contribution < -0.4 is 11.1 Å². The molecule has 0 saturated heterocycles. The summed E-state index contributed by atoms with van der Waals surface area (Å²) in [6.45, 7) is -1.27. The lowest BCUT2D eigenvalue weighted by Crippen LogP contribution is -2.43. The average molecular weight is 348 g/mol. The van der Waals surface area contributed by atoms with Gasteiger partial charge in [0.05, 0.1) is 5.69 Å². The van der Waals surface area contributed by atoms with E-state index < -0.39 is 36.8 Å². The summed E-state index contributed by atoms with van der Waals surface area (Å²) in [4.78, 5) is 34.0. The average Bonchev–Trinajstić information content (AvgIpc) is 2.31. The number of hydrogen-bond donors (Lipinski definition) is 3. The van der Waals surface area contributed by atoms with Crippen LogP contribution >= 0.6 is 15.9 Å². The summed E-state index contributed by atoms with van der Waals surface area (Å²) in [5.41, 5.74) is 5.04. The standard InChI is InChI=1S/C11H11BrFN3O4/c12-7-2-1-6(13)3-8(7)15-11(20)16(4-9(14)17)5-10(18)19/h1-3H,4-5H2,(H2,14,17)(H,15,20)(H,18,19). The Morgan fingerprint density at radius 1 is 1.35 bits per heavy atom. The molecule has 1 aromatic carbocycles. The molecule has 0 saturated carbocycles. The highest BCUT2D eigenvalue weighted by Gasteiger charge is 2.19. The summed E-state index contributed by atoms with van der Waals surface area (Å²) in [7, 11) is 0. The van der Waals surface area contributed by atoms with Crippen molar-refractivity contribution in [3.05, 3.63) is 28.5 Å². The molecule has 4 N–H and O–H groups in total. The number of halogens is 2. The van der Waals surface area contributed by atoms with Gasteiger partial charge in [0, 0.05) is 4.47 Å². The zero-order valence-corrected chi connectivity index (χ0v) is 11.7. The van der Waals surface area contributed by atoms with Gasteiger partial charge in [-0.2, -0.15) is 0 Å². The number of aliphatic carboxylic acids is 1. The number of carbonyl (C=O) groups is 3. The highest BCUT2D eigenvalue weighted by molar-refractivity contribution is 9.10. The van der Waals surface area contributed by atoms with Gasteiger partial charge in [0.25, 0.3) is 0 Å². The van der Waals surface area contributed by atoms with Crippen molar-refractivity contribution in [1.29, 1.82) is 0 Å². The quantitative estimate of drug-likeness (QED) is 0.737. The number of benzene rings is 1. The Hall–Kier alpha value is -2.16. The molecule has 1 aromatic rings. The van der Waals surface area contributed by atoms with Crippen LogP contribution in [0.25, 0.3) is 0 Å². The van der Waals surface area contributed by atoms with Crippen molar-refractivity contribution in [2.45, 2.75) is 0 Å². The van der Waals surface area contributed by atoms with E-state index in [4.69, 9.17) is 10.8 Å². The number of nitrogens with zero attached hydrogens (tertiary/aromatic N) is 1. The molecule has 0 radical (unpaired) electrons. The highest BCUT2D eigenvalue weighted by atomic mass is 79.9. The van der Waals surface area contributed by atoms with Gasteiger partial charge in [0.2, 0.25) is 5.91 Å². The maximum atomic E-state index is 13.1. The van der Waals surface area contributed by atoms with Crippen LogP contribution in [0.4, 0.5) is 14.9 Å². The van der Waals surface area contributed by atoms with Gasteiger partial charge in [0.1, 0.15) is 18.9 Å². The Kier molecular flexibility index (Phi) is 5.44. The van der Waals surface area contributed by atoms with Crippen LogP contribution in [0.5, 0.6) is 0 Å². The van der Waals surface area contributed by atoms with Gasteiger partial charge in [-0.1, -0.05) is 0 Å². The van der Waals surface area contributed by atoms with Gasteiger partial charge < -0.3 is 21.1 Å². The zero-order chi connectivity index (χ0) is 15.3. The Balaban J connectivity index is 2.86. The number of rotatable bonds is 5. The van der Waals surface area contributed by atoms with Gasteiger partial charge in [-0.3, -0.25) is 9.59 Å². The first-order valence-corrected chi connectivity index (χ1v) is 6.10. The van der Waals surface area contributed by atoms with Crippen molar-refractivity contribution in [3.63, 3.8) is 0 Å². The molecule has 0 aliphatic carbocycles. The predicted molar refractivity (Wildman–Crippen MR) is 71.5 cm³/mol. The zero-order valence-electron chi connectivity index (χ0n) is 10.1. The number of carbonyl (C=O) groups excluding carboxylic acids is 2. The molecule has 9 heteroatoms. The van der Waals surface area contributed by atoms with Gasteiger partial charge >= 0.3 is 12.0 Å². The third kappa shape index (κ3) is 4.84. The first kappa shape index (κ1) is 15.9. The number of urea groups is 1. The van der Waals surface area contributed by atoms with Gasteiger partial charge in [-0.25, -0.2) is 9.18 Å². The van der Waals surface area contributed by atoms with E-state index >= 15 is 0 Å². The maximum Gasteiger partial charge on any atom is 0.323 e. The molecule has 0 fully saturated rings. The molecule has 0 atom stereocenters. The first-order valence-electron chi connectivity index (χ1n) is 5.30. The maximum absolute atomic E-state index is 13.1. The van der Waals surface area contributed by atoms with E-state index in [1.54, 1.807) is 0 Å². The lowest BCUT2D eigenvalue weighted by molar-refractivity contribution is -0.137. The van der Waals surface area contributed by atoms with E-state index in [1.807, 2.05) is 0 Å². The normalized spacial score (nSPS) is 9.90. The molecule has 20 heavy (non-hydrogen) atoms. The van der Waals surface area contributed by atoms with E-state index in [2.05, 4.69) is 21.2 Å². The van der Waals surface area contributed by atoms with E-state index in [1.165, 1.54) is 12.1 Å². The summed E-state index contributed by atoms with van der Waals surface area (Å²) >= 11 is 3.10. The van der Waals surface area contributed by atoms with E-state index in [9.17, 15) is 18.8 Å². The van der Waals surface area contributed by atoms with Crippen molar-refractivity contribution < 1.29 is 23.9 Å². The fraction of sp³-hybridized carbons (Fsp3) is 0.182.